The number of hydrogen-bond acceptors (Lipinski definition) is 2. The fourth-order valence-electron chi connectivity index (χ4n) is 2.04. The van der Waals surface area contributed by atoms with Crippen LogP contribution in [0.3, 0.4) is 0 Å². The van der Waals surface area contributed by atoms with Crippen LogP contribution in [0, 0.1) is 0 Å². The van der Waals surface area contributed by atoms with E-state index >= 15 is 0 Å². The molecule has 1 fully saturated rings. The number of carbonyl (C=O) groups excluding carboxylic acids is 1. The summed E-state index contributed by atoms with van der Waals surface area (Å²) in [6.07, 6.45) is 3.65. The lowest BCUT2D eigenvalue weighted by atomic mass is 9.93. The molecule has 3 N–H and O–H groups in total. The van der Waals surface area contributed by atoms with Gasteiger partial charge in [0.15, 0.2) is 0 Å². The summed E-state index contributed by atoms with van der Waals surface area (Å²) in [5.74, 6) is 0. The van der Waals surface area contributed by atoms with Crippen molar-refractivity contribution in [3.05, 3.63) is 0 Å². The SMILES string of the molecule is CCC(CC)(NC(=O)N1CCCC1)C(N)=S. The van der Waals surface area contributed by atoms with Gasteiger partial charge < -0.3 is 16.0 Å². The molecule has 0 aromatic heterocycles. The molecule has 0 radical (unpaired) electrons. The fourth-order valence-corrected chi connectivity index (χ4v) is 2.38. The van der Waals surface area contributed by atoms with Gasteiger partial charge in [-0.15, -0.1) is 0 Å². The Kier molecular flexibility index (Phi) is 4.53. The van der Waals surface area contributed by atoms with Crippen molar-refractivity contribution in [3.63, 3.8) is 0 Å². The van der Waals surface area contributed by atoms with E-state index in [4.69, 9.17) is 18.0 Å². The molecule has 0 aromatic carbocycles. The highest BCUT2D eigenvalue weighted by Gasteiger charge is 2.33. The topological polar surface area (TPSA) is 58.4 Å². The number of likely N-dealkylation sites (tertiary alicyclic amines) is 1. The Morgan fingerprint density at radius 2 is 1.88 bits per heavy atom. The van der Waals surface area contributed by atoms with Gasteiger partial charge in [-0.25, -0.2) is 4.79 Å². The third-order valence-corrected chi connectivity index (χ3v) is 3.81. The van der Waals surface area contributed by atoms with Gasteiger partial charge in [0.25, 0.3) is 0 Å². The van der Waals surface area contributed by atoms with E-state index in [2.05, 4.69) is 5.32 Å². The highest BCUT2D eigenvalue weighted by Crippen LogP contribution is 2.17. The van der Waals surface area contributed by atoms with Crippen LogP contribution in [0.2, 0.25) is 0 Å². The minimum absolute atomic E-state index is 0.0333. The molecule has 92 valence electrons. The van der Waals surface area contributed by atoms with Gasteiger partial charge in [-0.05, 0) is 25.7 Å². The van der Waals surface area contributed by atoms with Gasteiger partial charge in [0.2, 0.25) is 0 Å². The number of carbonyl (C=O) groups is 1. The summed E-state index contributed by atoms with van der Waals surface area (Å²) in [5.41, 5.74) is 5.22. The fraction of sp³-hybridized carbons (Fsp3) is 0.818. The van der Waals surface area contributed by atoms with Crippen molar-refractivity contribution < 1.29 is 4.79 Å². The van der Waals surface area contributed by atoms with E-state index in [1.165, 1.54) is 0 Å². The molecule has 1 rings (SSSR count). The Balaban J connectivity index is 2.67. The quantitative estimate of drug-likeness (QED) is 0.738. The summed E-state index contributed by atoms with van der Waals surface area (Å²) >= 11 is 5.07. The third-order valence-electron chi connectivity index (χ3n) is 3.42. The van der Waals surface area contributed by atoms with Crippen molar-refractivity contribution in [1.29, 1.82) is 0 Å². The lowest BCUT2D eigenvalue weighted by molar-refractivity contribution is 0.199. The number of rotatable bonds is 4. The number of hydrogen-bond donors (Lipinski definition) is 2. The van der Waals surface area contributed by atoms with Gasteiger partial charge in [-0.3, -0.25) is 0 Å². The van der Waals surface area contributed by atoms with Crippen molar-refractivity contribution in [2.45, 2.75) is 45.1 Å². The minimum Gasteiger partial charge on any atom is -0.391 e. The molecule has 0 bridgehead atoms. The first-order chi connectivity index (χ1) is 7.55. The highest BCUT2D eigenvalue weighted by molar-refractivity contribution is 7.80. The molecule has 16 heavy (non-hydrogen) atoms. The Hall–Kier alpha value is -0.840. The van der Waals surface area contributed by atoms with Crippen LogP contribution in [0.4, 0.5) is 4.79 Å². The van der Waals surface area contributed by atoms with E-state index in [-0.39, 0.29) is 6.03 Å². The summed E-state index contributed by atoms with van der Waals surface area (Å²) in [7, 11) is 0. The van der Waals surface area contributed by atoms with Crippen molar-refractivity contribution in [3.8, 4) is 0 Å². The monoisotopic (exact) mass is 243 g/mol. The lowest BCUT2D eigenvalue weighted by Crippen LogP contribution is -2.58. The Morgan fingerprint density at radius 1 is 1.38 bits per heavy atom. The van der Waals surface area contributed by atoms with E-state index in [0.29, 0.717) is 4.99 Å². The zero-order valence-electron chi connectivity index (χ0n) is 10.1. The average molecular weight is 243 g/mol. The zero-order valence-corrected chi connectivity index (χ0v) is 10.9. The Morgan fingerprint density at radius 3 is 2.25 bits per heavy atom. The molecule has 0 atom stereocenters. The number of nitrogens with two attached hydrogens (primary N) is 1. The summed E-state index contributed by atoms with van der Waals surface area (Å²) in [5, 5.41) is 2.99. The standard InChI is InChI=1S/C11H21N3OS/c1-3-11(4-2,9(12)16)13-10(15)14-7-5-6-8-14/h3-8H2,1-2H3,(H2,12,16)(H,13,15). The van der Waals surface area contributed by atoms with Crippen molar-refractivity contribution in [2.75, 3.05) is 13.1 Å². The van der Waals surface area contributed by atoms with Crippen LogP contribution in [0.1, 0.15) is 39.5 Å². The Bertz CT molecular complexity index is 270. The van der Waals surface area contributed by atoms with Gasteiger partial charge in [-0.2, -0.15) is 0 Å². The number of thiocarbonyl (C=S) groups is 1. The molecule has 1 aliphatic rings. The summed E-state index contributed by atoms with van der Waals surface area (Å²) in [6, 6.07) is -0.0333. The van der Waals surface area contributed by atoms with Crippen LogP contribution in [0.25, 0.3) is 0 Å². The molecule has 2 amide bonds. The van der Waals surface area contributed by atoms with Crippen LogP contribution < -0.4 is 11.1 Å². The van der Waals surface area contributed by atoms with Gasteiger partial charge >= 0.3 is 6.03 Å². The molecular weight excluding hydrogens is 222 g/mol. The van der Waals surface area contributed by atoms with E-state index in [1.807, 2.05) is 18.7 Å². The predicted molar refractivity (Wildman–Crippen MR) is 69.4 cm³/mol. The largest absolute Gasteiger partial charge is 0.391 e. The molecule has 0 unspecified atom stereocenters. The first-order valence-electron chi connectivity index (χ1n) is 5.92. The van der Waals surface area contributed by atoms with E-state index in [0.717, 1.165) is 38.8 Å². The first kappa shape index (κ1) is 13.2. The number of urea groups is 1. The Labute approximate surface area is 103 Å². The van der Waals surface area contributed by atoms with Gasteiger partial charge in [0.1, 0.15) is 0 Å². The molecule has 0 aromatic rings. The predicted octanol–water partition coefficient (Wildman–Crippen LogP) is 1.64. The number of amides is 2. The molecular formula is C11H21N3OS. The van der Waals surface area contributed by atoms with Crippen molar-refractivity contribution in [2.24, 2.45) is 5.73 Å². The second kappa shape index (κ2) is 5.48. The van der Waals surface area contributed by atoms with Gasteiger partial charge in [-0.1, -0.05) is 26.1 Å². The lowest BCUT2D eigenvalue weighted by Gasteiger charge is -2.33. The van der Waals surface area contributed by atoms with Crippen molar-refractivity contribution >= 4 is 23.2 Å². The zero-order chi connectivity index (χ0) is 12.2. The van der Waals surface area contributed by atoms with Crippen LogP contribution in [-0.4, -0.2) is 34.5 Å². The van der Waals surface area contributed by atoms with Crippen LogP contribution >= 0.6 is 12.2 Å². The van der Waals surface area contributed by atoms with Gasteiger partial charge in [0, 0.05) is 13.1 Å². The molecule has 1 aliphatic heterocycles. The molecule has 4 nitrogen and oxygen atoms in total. The molecule has 5 heteroatoms. The molecule has 0 saturated carbocycles. The van der Waals surface area contributed by atoms with Crippen LogP contribution in [0.5, 0.6) is 0 Å². The number of nitrogens with one attached hydrogen (secondary N) is 1. The highest BCUT2D eigenvalue weighted by atomic mass is 32.1. The summed E-state index contributed by atoms with van der Waals surface area (Å²) in [4.78, 5) is 14.2. The minimum atomic E-state index is -0.519. The molecule has 0 aliphatic carbocycles. The van der Waals surface area contributed by atoms with Crippen LogP contribution in [0.15, 0.2) is 0 Å². The van der Waals surface area contributed by atoms with Gasteiger partial charge in [0.05, 0.1) is 10.5 Å². The summed E-state index contributed by atoms with van der Waals surface area (Å²) < 4.78 is 0. The third kappa shape index (κ3) is 2.64. The van der Waals surface area contributed by atoms with Crippen LogP contribution in [-0.2, 0) is 0 Å². The molecule has 1 heterocycles. The second-order valence-electron chi connectivity index (χ2n) is 4.28. The summed E-state index contributed by atoms with van der Waals surface area (Å²) in [6.45, 7) is 5.67. The average Bonchev–Trinajstić information content (AvgIpc) is 2.78. The maximum atomic E-state index is 12.0. The smallest absolute Gasteiger partial charge is 0.318 e. The van der Waals surface area contributed by atoms with E-state index in [1.54, 1.807) is 0 Å². The van der Waals surface area contributed by atoms with Crippen molar-refractivity contribution in [1.82, 2.24) is 10.2 Å². The first-order valence-corrected chi connectivity index (χ1v) is 6.33. The second-order valence-corrected chi connectivity index (χ2v) is 4.72. The maximum Gasteiger partial charge on any atom is 0.318 e. The molecule has 1 saturated heterocycles. The van der Waals surface area contributed by atoms with E-state index < -0.39 is 5.54 Å². The normalized spacial score (nSPS) is 16.2. The molecule has 0 spiro atoms. The number of nitrogens with zero attached hydrogens (tertiary/aromatic N) is 1. The van der Waals surface area contributed by atoms with E-state index in [9.17, 15) is 4.79 Å². The maximum absolute atomic E-state index is 12.0.